The lowest BCUT2D eigenvalue weighted by molar-refractivity contribution is -0.142. The minimum atomic E-state index is -1.40. The van der Waals surface area contributed by atoms with Gasteiger partial charge in [0.1, 0.15) is 18.1 Å². The van der Waals surface area contributed by atoms with E-state index < -0.39 is 54.0 Å². The number of carbonyl (C=O) groups excluding carboxylic acids is 3. The van der Waals surface area contributed by atoms with E-state index in [1.807, 2.05) is 6.92 Å². The summed E-state index contributed by atoms with van der Waals surface area (Å²) in [5, 5.41) is 27.3. The van der Waals surface area contributed by atoms with Crippen molar-refractivity contribution < 1.29 is 29.4 Å². The summed E-state index contributed by atoms with van der Waals surface area (Å²) in [6, 6.07) is 4.09. The first-order valence-corrected chi connectivity index (χ1v) is 12.5. The van der Waals surface area contributed by atoms with Crippen molar-refractivity contribution in [1.29, 1.82) is 0 Å². The number of nitrogens with two attached hydrogens (primary N) is 3. The van der Waals surface area contributed by atoms with Gasteiger partial charge in [0.05, 0.1) is 12.1 Å². The van der Waals surface area contributed by atoms with E-state index in [2.05, 4.69) is 20.9 Å². The Morgan fingerprint density at radius 3 is 2.05 bits per heavy atom. The number of nitrogens with zero attached hydrogens (tertiary/aromatic N) is 1. The van der Waals surface area contributed by atoms with Crippen LogP contribution in [0.5, 0.6) is 0 Å². The predicted octanol–water partition coefficient (Wildman–Crippen LogP) is -1.42. The topological polar surface area (TPSA) is 235 Å². The molecule has 38 heavy (non-hydrogen) atoms. The van der Waals surface area contributed by atoms with Crippen LogP contribution in [0.3, 0.4) is 0 Å². The highest BCUT2D eigenvalue weighted by Gasteiger charge is 2.34. The van der Waals surface area contributed by atoms with Gasteiger partial charge in [-0.05, 0) is 31.2 Å². The zero-order chi connectivity index (χ0) is 28.8. The molecule has 0 heterocycles. The Bertz CT molecular complexity index is 953. The first kappa shape index (κ1) is 32.3. The van der Waals surface area contributed by atoms with E-state index in [9.17, 15) is 29.4 Å². The van der Waals surface area contributed by atoms with Crippen molar-refractivity contribution >= 4 is 29.7 Å². The van der Waals surface area contributed by atoms with Gasteiger partial charge in [-0.15, -0.1) is 0 Å². The zero-order valence-corrected chi connectivity index (χ0v) is 22.1. The highest BCUT2D eigenvalue weighted by atomic mass is 16.4. The fourth-order valence-electron chi connectivity index (χ4n) is 3.57. The van der Waals surface area contributed by atoms with Crippen molar-refractivity contribution in [2.75, 3.05) is 6.54 Å². The first-order chi connectivity index (χ1) is 17.9. The molecule has 0 saturated heterocycles. The minimum Gasteiger partial charge on any atom is -0.480 e. The number of hydrogen-bond acceptors (Lipinski definition) is 7. The van der Waals surface area contributed by atoms with Crippen molar-refractivity contribution in [2.45, 2.75) is 76.7 Å². The summed E-state index contributed by atoms with van der Waals surface area (Å²) in [6.07, 6.45) is -0.120. The molecule has 0 aliphatic rings. The first-order valence-electron chi connectivity index (χ1n) is 12.5. The largest absolute Gasteiger partial charge is 0.480 e. The Balaban J connectivity index is 2.92. The molecular weight excluding hydrogens is 494 g/mol. The second-order valence-electron chi connectivity index (χ2n) is 9.24. The molecule has 0 aliphatic heterocycles. The van der Waals surface area contributed by atoms with E-state index >= 15 is 0 Å². The van der Waals surface area contributed by atoms with Crippen LogP contribution in [0, 0.1) is 5.92 Å². The van der Waals surface area contributed by atoms with Crippen LogP contribution in [-0.2, 0) is 25.6 Å². The molecule has 3 amide bonds. The second kappa shape index (κ2) is 16.2. The van der Waals surface area contributed by atoms with E-state index in [4.69, 9.17) is 17.2 Å². The molecule has 0 saturated carbocycles. The Kier molecular flexibility index (Phi) is 13.8. The smallest absolute Gasteiger partial charge is 0.326 e. The molecular formula is C25H41N7O6. The lowest BCUT2D eigenvalue weighted by Crippen LogP contribution is -2.61. The average molecular weight is 536 g/mol. The molecule has 0 spiro atoms. The van der Waals surface area contributed by atoms with Crippen molar-refractivity contribution in [1.82, 2.24) is 16.0 Å². The number of amides is 3. The number of hydrogen-bond donors (Lipinski definition) is 8. The number of rotatable bonds is 16. The second-order valence-corrected chi connectivity index (χ2v) is 9.24. The average Bonchev–Trinajstić information content (AvgIpc) is 2.87. The molecule has 0 bridgehead atoms. The zero-order valence-electron chi connectivity index (χ0n) is 22.1. The Labute approximate surface area is 222 Å². The Hall–Kier alpha value is -3.71. The van der Waals surface area contributed by atoms with E-state index in [1.54, 1.807) is 37.3 Å². The number of guanidine groups is 1. The van der Waals surface area contributed by atoms with Gasteiger partial charge in [-0.1, -0.05) is 50.6 Å². The number of aliphatic hydroxyl groups excluding tert-OH is 1. The van der Waals surface area contributed by atoms with Crippen LogP contribution in [-0.4, -0.2) is 76.7 Å². The fourth-order valence-corrected chi connectivity index (χ4v) is 3.57. The van der Waals surface area contributed by atoms with Crippen LogP contribution in [0.4, 0.5) is 0 Å². The number of nitrogens with one attached hydrogen (secondary N) is 3. The maximum Gasteiger partial charge on any atom is 0.326 e. The molecule has 0 radical (unpaired) electrons. The van der Waals surface area contributed by atoms with Crippen LogP contribution in [0.25, 0.3) is 0 Å². The van der Waals surface area contributed by atoms with Crippen LogP contribution in [0.2, 0.25) is 0 Å². The summed E-state index contributed by atoms with van der Waals surface area (Å²) in [5.41, 5.74) is 17.1. The summed E-state index contributed by atoms with van der Waals surface area (Å²) >= 11 is 0. The molecule has 0 aliphatic carbocycles. The maximum atomic E-state index is 13.1. The van der Waals surface area contributed by atoms with Gasteiger partial charge in [0.15, 0.2) is 5.96 Å². The normalized spacial score (nSPS) is 15.6. The lowest BCUT2D eigenvalue weighted by atomic mass is 9.96. The number of aliphatic carboxylic acids is 1. The van der Waals surface area contributed by atoms with E-state index in [-0.39, 0.29) is 31.3 Å². The van der Waals surface area contributed by atoms with Gasteiger partial charge in [-0.2, -0.15) is 0 Å². The van der Waals surface area contributed by atoms with Gasteiger partial charge in [0, 0.05) is 13.0 Å². The Morgan fingerprint density at radius 1 is 0.947 bits per heavy atom. The highest BCUT2D eigenvalue weighted by molar-refractivity contribution is 5.94. The highest BCUT2D eigenvalue weighted by Crippen LogP contribution is 2.11. The quantitative estimate of drug-likeness (QED) is 0.0703. The molecule has 13 heteroatoms. The lowest BCUT2D eigenvalue weighted by Gasteiger charge is -2.29. The molecule has 13 nitrogen and oxygen atoms in total. The van der Waals surface area contributed by atoms with E-state index in [0.717, 1.165) is 5.56 Å². The van der Waals surface area contributed by atoms with Gasteiger partial charge < -0.3 is 43.4 Å². The van der Waals surface area contributed by atoms with Gasteiger partial charge in [0.25, 0.3) is 0 Å². The molecule has 0 aromatic heterocycles. The number of carbonyl (C=O) groups is 4. The third kappa shape index (κ3) is 11.1. The third-order valence-corrected chi connectivity index (χ3v) is 6.06. The van der Waals surface area contributed by atoms with Gasteiger partial charge in [-0.3, -0.25) is 19.4 Å². The van der Waals surface area contributed by atoms with Crippen LogP contribution in [0.15, 0.2) is 35.3 Å². The van der Waals surface area contributed by atoms with Crippen molar-refractivity contribution in [2.24, 2.45) is 28.1 Å². The number of benzene rings is 1. The SMILES string of the molecule is CCC(C)C(NC(=O)C(NC(=O)C(N)CCCN=C(N)N)C(C)O)C(=O)NC(Cc1ccccc1)C(=O)O. The van der Waals surface area contributed by atoms with Crippen LogP contribution in [0.1, 0.15) is 45.6 Å². The summed E-state index contributed by atoms with van der Waals surface area (Å²) in [5.74, 6) is -3.86. The maximum absolute atomic E-state index is 13.1. The molecule has 1 rings (SSSR count). The van der Waals surface area contributed by atoms with Crippen LogP contribution >= 0.6 is 0 Å². The standard InChI is InChI=1S/C25H41N7O6/c1-4-14(2)19(22(35)30-18(24(37)38)13-16-9-6-5-7-10-16)31-23(36)20(15(3)33)32-21(34)17(26)11-8-12-29-25(27)28/h5-7,9-10,14-15,17-20,33H,4,8,11-13,26H2,1-3H3,(H,30,35)(H,31,36)(H,32,34)(H,37,38)(H4,27,28,29). The van der Waals surface area contributed by atoms with E-state index in [1.165, 1.54) is 6.92 Å². The number of aliphatic hydroxyl groups is 1. The predicted molar refractivity (Wildman–Crippen MR) is 143 cm³/mol. The number of carboxylic acids is 1. The summed E-state index contributed by atoms with van der Waals surface area (Å²) in [6.45, 7) is 5.12. The molecule has 0 fully saturated rings. The molecule has 1 aromatic rings. The Morgan fingerprint density at radius 2 is 1.53 bits per heavy atom. The van der Waals surface area contributed by atoms with Crippen molar-refractivity contribution in [3.05, 3.63) is 35.9 Å². The molecule has 212 valence electrons. The molecule has 1 aromatic carbocycles. The summed E-state index contributed by atoms with van der Waals surface area (Å²) < 4.78 is 0. The molecule has 11 N–H and O–H groups in total. The molecule has 6 unspecified atom stereocenters. The third-order valence-electron chi connectivity index (χ3n) is 6.06. The van der Waals surface area contributed by atoms with E-state index in [0.29, 0.717) is 12.8 Å². The summed E-state index contributed by atoms with van der Waals surface area (Å²) in [7, 11) is 0. The van der Waals surface area contributed by atoms with Gasteiger partial charge >= 0.3 is 5.97 Å². The molecule has 6 atom stereocenters. The van der Waals surface area contributed by atoms with Crippen LogP contribution < -0.4 is 33.2 Å². The fraction of sp³-hybridized carbons (Fsp3) is 0.560. The number of aliphatic imine (C=N–C) groups is 1. The minimum absolute atomic E-state index is 0.0521. The number of carboxylic acid groups (broad SMARTS) is 1. The van der Waals surface area contributed by atoms with Gasteiger partial charge in [-0.25, -0.2) is 4.79 Å². The summed E-state index contributed by atoms with van der Waals surface area (Å²) in [4.78, 5) is 54.3. The monoisotopic (exact) mass is 535 g/mol. The van der Waals surface area contributed by atoms with Crippen molar-refractivity contribution in [3.63, 3.8) is 0 Å². The van der Waals surface area contributed by atoms with Crippen molar-refractivity contribution in [3.8, 4) is 0 Å². The van der Waals surface area contributed by atoms with Gasteiger partial charge in [0.2, 0.25) is 17.7 Å².